The highest BCUT2D eigenvalue weighted by molar-refractivity contribution is 8.54. The fraction of sp³-hybridized carbons (Fsp3) is 1.00. The molecule has 29 heavy (non-hydrogen) atoms. The zero-order valence-corrected chi connectivity index (χ0v) is 20.7. The lowest BCUT2D eigenvalue weighted by atomic mass is 10.2. The lowest BCUT2D eigenvalue weighted by Gasteiger charge is -2.20. The van der Waals surface area contributed by atoms with Gasteiger partial charge in [-0.3, -0.25) is 5.84 Å². The van der Waals surface area contributed by atoms with Crippen molar-refractivity contribution in [3.05, 3.63) is 0 Å². The van der Waals surface area contributed by atoms with Crippen LogP contribution in [0.1, 0.15) is 25.7 Å². The second-order valence-electron chi connectivity index (χ2n) is 6.65. The maximum absolute atomic E-state index is 10.8. The number of hydrazine groups is 1. The highest BCUT2D eigenvalue weighted by Crippen LogP contribution is 2.49. The van der Waals surface area contributed by atoms with Crippen LogP contribution in [0.15, 0.2) is 0 Å². The van der Waals surface area contributed by atoms with Crippen LogP contribution in [0, 0.1) is 0 Å². The molecule has 10 nitrogen and oxygen atoms in total. The van der Waals surface area contributed by atoms with Gasteiger partial charge in [0.1, 0.15) is 0 Å². The Hall–Kier alpha value is 0.710. The summed E-state index contributed by atoms with van der Waals surface area (Å²) < 4.78 is 21.2. The van der Waals surface area contributed by atoms with Gasteiger partial charge in [-0.1, -0.05) is 0 Å². The second-order valence-corrected chi connectivity index (χ2v) is 13.4. The van der Waals surface area contributed by atoms with Crippen molar-refractivity contribution in [1.29, 1.82) is 0 Å². The van der Waals surface area contributed by atoms with Crippen LogP contribution in [0.25, 0.3) is 0 Å². The minimum atomic E-state index is -4.00. The predicted octanol–water partition coefficient (Wildman–Crippen LogP) is 1.04. The molecule has 0 aromatic carbocycles. The van der Waals surface area contributed by atoms with E-state index in [0.717, 1.165) is 76.3 Å². The Morgan fingerprint density at radius 3 is 2.21 bits per heavy atom. The molecular weight excluding hydrogens is 456 g/mol. The summed E-state index contributed by atoms with van der Waals surface area (Å²) in [5.74, 6) is 6.81. The molecule has 0 rings (SSSR count). The smallest absolute Gasteiger partial charge is 0.317 e. The minimum absolute atomic E-state index is 0.324. The van der Waals surface area contributed by atoms with E-state index in [1.54, 1.807) is 5.01 Å². The SMILES string of the molecule is CN(CCCCNCCCNCCS[P+](=O)O)CCCN(N)CCSP(=O)(O)O. The van der Waals surface area contributed by atoms with Crippen molar-refractivity contribution in [3.8, 4) is 0 Å². The Bertz CT molecular complexity index is 465. The van der Waals surface area contributed by atoms with Crippen LogP contribution in [0.3, 0.4) is 0 Å². The van der Waals surface area contributed by atoms with E-state index in [-0.39, 0.29) is 0 Å². The van der Waals surface area contributed by atoms with E-state index >= 15 is 0 Å². The average Bonchev–Trinajstić information content (AvgIpc) is 2.61. The van der Waals surface area contributed by atoms with E-state index < -0.39 is 14.0 Å². The molecular formula is C15H38N5O5P2S2+. The van der Waals surface area contributed by atoms with E-state index in [9.17, 15) is 9.13 Å². The van der Waals surface area contributed by atoms with E-state index in [4.69, 9.17) is 20.5 Å². The van der Waals surface area contributed by atoms with E-state index in [0.29, 0.717) is 36.0 Å². The van der Waals surface area contributed by atoms with Crippen LogP contribution >= 0.6 is 36.8 Å². The van der Waals surface area contributed by atoms with Gasteiger partial charge in [-0.15, -0.1) is 0 Å². The first-order valence-electron chi connectivity index (χ1n) is 9.79. The maximum Gasteiger partial charge on any atom is 0.582 e. The molecule has 0 radical (unpaired) electrons. The molecule has 0 aliphatic rings. The molecule has 0 fully saturated rings. The first kappa shape index (κ1) is 29.7. The Kier molecular flexibility index (Phi) is 19.9. The van der Waals surface area contributed by atoms with Gasteiger partial charge in [-0.2, -0.15) is 4.89 Å². The third kappa shape index (κ3) is 24.8. The molecule has 174 valence electrons. The summed E-state index contributed by atoms with van der Waals surface area (Å²) >= 11 is 1.70. The highest BCUT2D eigenvalue weighted by atomic mass is 32.7. The first-order chi connectivity index (χ1) is 13.7. The van der Waals surface area contributed by atoms with Gasteiger partial charge >= 0.3 is 14.0 Å². The van der Waals surface area contributed by atoms with Crippen molar-refractivity contribution in [2.24, 2.45) is 5.84 Å². The van der Waals surface area contributed by atoms with Gasteiger partial charge in [-0.05, 0) is 81.4 Å². The Morgan fingerprint density at radius 2 is 1.55 bits per heavy atom. The molecule has 0 saturated carbocycles. The molecule has 1 atom stereocenters. The molecule has 0 bridgehead atoms. The summed E-state index contributed by atoms with van der Waals surface area (Å²) in [6.45, 7) is 2.79. The number of nitrogens with one attached hydrogen (secondary N) is 2. The lowest BCUT2D eigenvalue weighted by molar-refractivity contribution is 0.258. The van der Waals surface area contributed by atoms with Crippen molar-refractivity contribution < 1.29 is 23.8 Å². The second kappa shape index (κ2) is 19.4. The van der Waals surface area contributed by atoms with Crippen molar-refractivity contribution in [2.45, 2.75) is 25.7 Å². The average molecular weight is 495 g/mol. The van der Waals surface area contributed by atoms with Crippen LogP contribution in [-0.4, -0.2) is 95.5 Å². The van der Waals surface area contributed by atoms with Crippen molar-refractivity contribution in [1.82, 2.24) is 20.5 Å². The molecule has 14 heteroatoms. The summed E-state index contributed by atoms with van der Waals surface area (Å²) in [5.41, 5.74) is 0. The van der Waals surface area contributed by atoms with Gasteiger partial charge in [0, 0.05) is 25.4 Å². The maximum atomic E-state index is 10.8. The fourth-order valence-electron chi connectivity index (χ4n) is 2.46. The van der Waals surface area contributed by atoms with E-state index in [1.165, 1.54) is 0 Å². The molecule has 0 aliphatic heterocycles. The molecule has 0 saturated heterocycles. The lowest BCUT2D eigenvalue weighted by Crippen LogP contribution is -2.35. The number of nitrogens with zero attached hydrogens (tertiary/aromatic N) is 2. The number of rotatable bonds is 21. The highest BCUT2D eigenvalue weighted by Gasteiger charge is 2.13. The summed E-state index contributed by atoms with van der Waals surface area (Å²) in [7, 11) is 0.0164. The zero-order valence-electron chi connectivity index (χ0n) is 17.2. The van der Waals surface area contributed by atoms with Gasteiger partial charge in [0.25, 0.3) is 0 Å². The molecule has 1 unspecified atom stereocenters. The largest absolute Gasteiger partial charge is 0.582 e. The predicted molar refractivity (Wildman–Crippen MR) is 124 cm³/mol. The third-order valence-corrected chi connectivity index (χ3v) is 8.03. The number of unbranched alkanes of at least 4 members (excludes halogenated alkanes) is 1. The summed E-state index contributed by atoms with van der Waals surface area (Å²) in [5, 5.41) is 8.29. The van der Waals surface area contributed by atoms with E-state index in [2.05, 4.69) is 22.6 Å². The third-order valence-electron chi connectivity index (χ3n) is 3.95. The standard InChI is InChI=1S/C15H37N5O5P2S2/c1-19(11-5-12-20(16)13-15-29-27(23,24)25)10-3-2-6-17-7-4-8-18-9-14-28-26(21)22/h17-18H,2-16H2,1H3,(H2-,21,22,23,24,25)/p+1. The summed E-state index contributed by atoms with van der Waals surface area (Å²) in [6.07, 6.45) is 4.22. The van der Waals surface area contributed by atoms with Gasteiger partial charge in [0.15, 0.2) is 11.4 Å². The molecule has 0 aromatic rings. The zero-order chi connectivity index (χ0) is 22.0. The normalized spacial score (nSPS) is 12.9. The van der Waals surface area contributed by atoms with Crippen LogP contribution in [0.5, 0.6) is 0 Å². The Balaban J connectivity index is 3.34. The molecule has 0 aliphatic carbocycles. The molecule has 0 spiro atoms. The molecule has 7 N–H and O–H groups in total. The summed E-state index contributed by atoms with van der Waals surface area (Å²) in [4.78, 5) is 28.5. The van der Waals surface area contributed by atoms with Crippen LogP contribution in [0.4, 0.5) is 0 Å². The van der Waals surface area contributed by atoms with Crippen LogP contribution < -0.4 is 16.5 Å². The van der Waals surface area contributed by atoms with Gasteiger partial charge in [-0.25, -0.2) is 9.57 Å². The number of nitrogens with two attached hydrogens (primary N) is 1. The fourth-order valence-corrected chi connectivity index (χ4v) is 5.11. The van der Waals surface area contributed by atoms with Crippen LogP contribution in [-0.2, 0) is 9.13 Å². The quantitative estimate of drug-likeness (QED) is 0.0585. The van der Waals surface area contributed by atoms with Crippen molar-refractivity contribution in [3.63, 3.8) is 0 Å². The molecule has 0 heterocycles. The van der Waals surface area contributed by atoms with Crippen molar-refractivity contribution in [2.75, 3.05) is 70.9 Å². The number of hydrogen-bond acceptors (Lipinski definition) is 9. The van der Waals surface area contributed by atoms with Gasteiger partial charge < -0.3 is 25.3 Å². The van der Waals surface area contributed by atoms with Gasteiger partial charge in [0.05, 0.1) is 5.75 Å². The van der Waals surface area contributed by atoms with Crippen molar-refractivity contribution >= 4 is 36.8 Å². The number of hydrogen-bond donors (Lipinski definition) is 6. The Morgan fingerprint density at radius 1 is 0.931 bits per heavy atom. The van der Waals surface area contributed by atoms with E-state index in [1.807, 2.05) is 0 Å². The first-order valence-corrected chi connectivity index (χ1v) is 15.8. The molecule has 0 aromatic heterocycles. The Labute approximate surface area is 183 Å². The molecule has 0 amide bonds. The monoisotopic (exact) mass is 494 g/mol. The van der Waals surface area contributed by atoms with Gasteiger partial charge in [0.2, 0.25) is 0 Å². The summed E-state index contributed by atoms with van der Waals surface area (Å²) in [6, 6.07) is 0. The minimum Gasteiger partial charge on any atom is -0.317 e. The van der Waals surface area contributed by atoms with Crippen LogP contribution in [0.2, 0.25) is 0 Å². The topological polar surface area (TPSA) is 151 Å².